The largest absolute Gasteiger partial charge is 0.393 e. The van der Waals surface area contributed by atoms with Gasteiger partial charge >= 0.3 is 0 Å². The van der Waals surface area contributed by atoms with Gasteiger partial charge in [-0.2, -0.15) is 0 Å². The quantitative estimate of drug-likeness (QED) is 0.629. The van der Waals surface area contributed by atoms with Crippen molar-refractivity contribution in [2.75, 3.05) is 5.32 Å². The standard InChI is InChI=1S/C11H15ClN2O3/c1-7(6-8(2)15)13-11-9(12)4-3-5-10(11)14(16)17/h3-5,7-8,13,15H,6H2,1-2H3. The Balaban J connectivity index is 2.92. The van der Waals surface area contributed by atoms with Gasteiger partial charge < -0.3 is 10.4 Å². The molecule has 94 valence electrons. The molecule has 2 N–H and O–H groups in total. The molecule has 0 saturated heterocycles. The fraction of sp³-hybridized carbons (Fsp3) is 0.455. The number of nitrogens with zero attached hydrogens (tertiary/aromatic N) is 1. The molecule has 0 saturated carbocycles. The van der Waals surface area contributed by atoms with Crippen LogP contribution in [0.4, 0.5) is 11.4 Å². The first kappa shape index (κ1) is 13.7. The SMILES string of the molecule is CC(O)CC(C)Nc1c(Cl)cccc1[N+](=O)[O-]. The zero-order valence-corrected chi connectivity index (χ0v) is 10.4. The number of nitrogens with one attached hydrogen (secondary N) is 1. The molecule has 0 heterocycles. The summed E-state index contributed by atoms with van der Waals surface area (Å²) < 4.78 is 0. The minimum absolute atomic E-state index is 0.0602. The third-order valence-corrected chi connectivity index (χ3v) is 2.59. The lowest BCUT2D eigenvalue weighted by atomic mass is 10.1. The minimum atomic E-state index is -0.483. The first-order chi connectivity index (χ1) is 7.91. The molecule has 5 nitrogen and oxygen atoms in total. The second kappa shape index (κ2) is 5.84. The topological polar surface area (TPSA) is 75.4 Å². The summed E-state index contributed by atoms with van der Waals surface area (Å²) in [5, 5.41) is 23.3. The Kier molecular flexibility index (Phi) is 4.72. The van der Waals surface area contributed by atoms with Crippen molar-refractivity contribution >= 4 is 23.0 Å². The highest BCUT2D eigenvalue weighted by molar-refractivity contribution is 6.33. The molecule has 2 unspecified atom stereocenters. The Labute approximate surface area is 105 Å². The van der Waals surface area contributed by atoms with Gasteiger partial charge in [-0.25, -0.2) is 0 Å². The summed E-state index contributed by atoms with van der Waals surface area (Å²) in [6.45, 7) is 3.50. The van der Waals surface area contributed by atoms with E-state index in [4.69, 9.17) is 11.6 Å². The van der Waals surface area contributed by atoms with Crippen molar-refractivity contribution in [1.82, 2.24) is 0 Å². The van der Waals surface area contributed by atoms with Crippen molar-refractivity contribution in [3.05, 3.63) is 33.3 Å². The summed E-state index contributed by atoms with van der Waals surface area (Å²) in [4.78, 5) is 10.4. The molecule has 0 fully saturated rings. The highest BCUT2D eigenvalue weighted by Crippen LogP contribution is 2.32. The van der Waals surface area contributed by atoms with E-state index in [0.29, 0.717) is 17.1 Å². The Hall–Kier alpha value is -1.33. The van der Waals surface area contributed by atoms with Crippen LogP contribution in [0, 0.1) is 10.1 Å². The molecule has 6 heteroatoms. The highest BCUT2D eigenvalue weighted by atomic mass is 35.5. The fourth-order valence-corrected chi connectivity index (χ4v) is 1.85. The van der Waals surface area contributed by atoms with E-state index < -0.39 is 11.0 Å². The molecular weight excluding hydrogens is 244 g/mol. The molecule has 0 radical (unpaired) electrons. The molecule has 0 spiro atoms. The van der Waals surface area contributed by atoms with Crippen LogP contribution in [0.5, 0.6) is 0 Å². The van der Waals surface area contributed by atoms with Crippen LogP contribution in [-0.4, -0.2) is 22.2 Å². The van der Waals surface area contributed by atoms with Crippen molar-refractivity contribution in [3.63, 3.8) is 0 Å². The molecule has 0 bridgehead atoms. The number of benzene rings is 1. The van der Waals surface area contributed by atoms with Gasteiger partial charge in [0.15, 0.2) is 0 Å². The van der Waals surface area contributed by atoms with Gasteiger partial charge in [0.2, 0.25) is 0 Å². The number of aliphatic hydroxyl groups excluding tert-OH is 1. The summed E-state index contributed by atoms with van der Waals surface area (Å²) >= 11 is 5.92. The number of halogens is 1. The van der Waals surface area contributed by atoms with Gasteiger partial charge in [0.1, 0.15) is 5.69 Å². The first-order valence-electron chi connectivity index (χ1n) is 5.29. The molecule has 17 heavy (non-hydrogen) atoms. The van der Waals surface area contributed by atoms with E-state index in [1.165, 1.54) is 12.1 Å². The lowest BCUT2D eigenvalue weighted by molar-refractivity contribution is -0.384. The Morgan fingerprint density at radius 1 is 1.53 bits per heavy atom. The molecular formula is C11H15ClN2O3. The Morgan fingerprint density at radius 2 is 2.18 bits per heavy atom. The van der Waals surface area contributed by atoms with Gasteiger partial charge in [-0.1, -0.05) is 17.7 Å². The number of hydrogen-bond donors (Lipinski definition) is 2. The van der Waals surface area contributed by atoms with Crippen molar-refractivity contribution in [1.29, 1.82) is 0 Å². The number of rotatable bonds is 5. The summed E-state index contributed by atoms with van der Waals surface area (Å²) in [5.74, 6) is 0. The molecule has 0 aliphatic rings. The van der Waals surface area contributed by atoms with Gasteiger partial charge in [-0.05, 0) is 26.3 Å². The Bertz CT molecular complexity index is 410. The van der Waals surface area contributed by atoms with Crippen LogP contribution < -0.4 is 5.32 Å². The zero-order valence-electron chi connectivity index (χ0n) is 9.68. The van der Waals surface area contributed by atoms with Crippen molar-refractivity contribution in [2.45, 2.75) is 32.4 Å². The number of anilines is 1. The second-order valence-corrected chi connectivity index (χ2v) is 4.43. The van der Waals surface area contributed by atoms with Crippen LogP contribution in [0.25, 0.3) is 0 Å². The predicted octanol–water partition coefficient (Wildman–Crippen LogP) is 2.82. The van der Waals surface area contributed by atoms with E-state index in [0.717, 1.165) is 0 Å². The third-order valence-electron chi connectivity index (χ3n) is 2.27. The van der Waals surface area contributed by atoms with Crippen molar-refractivity contribution in [2.24, 2.45) is 0 Å². The van der Waals surface area contributed by atoms with Crippen LogP contribution in [0.2, 0.25) is 5.02 Å². The molecule has 0 aliphatic heterocycles. The zero-order chi connectivity index (χ0) is 13.0. The molecule has 1 rings (SSSR count). The van der Waals surface area contributed by atoms with Crippen LogP contribution >= 0.6 is 11.6 Å². The van der Waals surface area contributed by atoms with E-state index in [1.54, 1.807) is 13.0 Å². The smallest absolute Gasteiger partial charge is 0.293 e. The lowest BCUT2D eigenvalue weighted by Gasteiger charge is -2.17. The summed E-state index contributed by atoms with van der Waals surface area (Å²) in [6, 6.07) is 4.41. The average Bonchev–Trinajstić information content (AvgIpc) is 2.19. The van der Waals surface area contributed by atoms with Crippen LogP contribution in [0.1, 0.15) is 20.3 Å². The van der Waals surface area contributed by atoms with Crippen LogP contribution in [0.15, 0.2) is 18.2 Å². The fourth-order valence-electron chi connectivity index (χ4n) is 1.62. The number of nitro groups is 1. The minimum Gasteiger partial charge on any atom is -0.393 e. The van der Waals surface area contributed by atoms with Crippen molar-refractivity contribution < 1.29 is 10.0 Å². The van der Waals surface area contributed by atoms with Gasteiger partial charge in [0.05, 0.1) is 16.0 Å². The molecule has 2 atom stereocenters. The van der Waals surface area contributed by atoms with E-state index in [9.17, 15) is 15.2 Å². The van der Waals surface area contributed by atoms with Gasteiger partial charge in [-0.15, -0.1) is 0 Å². The molecule has 1 aromatic carbocycles. The number of nitro benzene ring substituents is 1. The van der Waals surface area contributed by atoms with Gasteiger partial charge in [-0.3, -0.25) is 10.1 Å². The van der Waals surface area contributed by atoms with E-state index in [-0.39, 0.29) is 11.7 Å². The first-order valence-corrected chi connectivity index (χ1v) is 5.67. The summed E-state index contributed by atoms with van der Waals surface area (Å²) in [5.41, 5.74) is 0.238. The van der Waals surface area contributed by atoms with Gasteiger partial charge in [0.25, 0.3) is 5.69 Å². The monoisotopic (exact) mass is 258 g/mol. The summed E-state index contributed by atoms with van der Waals surface area (Å²) in [6.07, 6.45) is 0.0154. The summed E-state index contributed by atoms with van der Waals surface area (Å²) in [7, 11) is 0. The molecule has 0 aromatic heterocycles. The number of para-hydroxylation sites is 1. The predicted molar refractivity (Wildman–Crippen MR) is 67.5 cm³/mol. The second-order valence-electron chi connectivity index (χ2n) is 4.02. The molecule has 0 amide bonds. The van der Waals surface area contributed by atoms with Crippen LogP contribution in [-0.2, 0) is 0 Å². The lowest BCUT2D eigenvalue weighted by Crippen LogP contribution is -2.21. The highest BCUT2D eigenvalue weighted by Gasteiger charge is 2.18. The average molecular weight is 259 g/mol. The maximum atomic E-state index is 10.8. The maximum Gasteiger partial charge on any atom is 0.293 e. The van der Waals surface area contributed by atoms with Crippen LogP contribution in [0.3, 0.4) is 0 Å². The normalized spacial score (nSPS) is 14.1. The van der Waals surface area contributed by atoms with Crippen molar-refractivity contribution in [3.8, 4) is 0 Å². The number of aliphatic hydroxyl groups is 1. The van der Waals surface area contributed by atoms with E-state index >= 15 is 0 Å². The maximum absolute atomic E-state index is 10.8. The molecule has 0 aliphatic carbocycles. The Morgan fingerprint density at radius 3 is 2.71 bits per heavy atom. The van der Waals surface area contributed by atoms with E-state index in [1.807, 2.05) is 6.92 Å². The van der Waals surface area contributed by atoms with Gasteiger partial charge in [0, 0.05) is 12.1 Å². The van der Waals surface area contributed by atoms with E-state index in [2.05, 4.69) is 5.32 Å². The molecule has 1 aromatic rings. The number of hydrogen-bond acceptors (Lipinski definition) is 4. The third kappa shape index (κ3) is 3.87.